The number of hydrogen-bond acceptors (Lipinski definition) is 4. The molecular weight excluding hydrogens is 184 g/mol. The zero-order valence-corrected chi connectivity index (χ0v) is 8.39. The molecule has 0 aromatic heterocycles. The molecule has 4 N–H and O–H groups in total. The monoisotopic (exact) mass is 204 g/mol. The first kappa shape index (κ1) is 11.9. The molecule has 0 aromatic carbocycles. The molecule has 1 saturated carbocycles. The highest BCUT2D eigenvalue weighted by Crippen LogP contribution is 2.38. The maximum atomic E-state index is 10.2. The van der Waals surface area contributed by atoms with Crippen molar-refractivity contribution < 1.29 is 20.4 Å². The molecule has 0 aliphatic heterocycles. The second-order valence-corrected chi connectivity index (χ2v) is 4.29. The minimum Gasteiger partial charge on any atom is -0.396 e. The predicted molar refractivity (Wildman–Crippen MR) is 51.7 cm³/mol. The minimum atomic E-state index is -0.991. The Morgan fingerprint density at radius 3 is 2.29 bits per heavy atom. The molecule has 0 amide bonds. The maximum Gasteiger partial charge on any atom is 0.0723 e. The Morgan fingerprint density at radius 2 is 1.79 bits per heavy atom. The smallest absolute Gasteiger partial charge is 0.0723 e. The van der Waals surface area contributed by atoms with E-state index >= 15 is 0 Å². The molecule has 1 rings (SSSR count). The molecule has 4 heteroatoms. The highest BCUT2D eigenvalue weighted by atomic mass is 16.3. The molecule has 84 valence electrons. The first-order chi connectivity index (χ1) is 6.66. The first-order valence-electron chi connectivity index (χ1n) is 5.21. The van der Waals surface area contributed by atoms with E-state index in [2.05, 4.69) is 0 Å². The van der Waals surface area contributed by atoms with Gasteiger partial charge in [0.25, 0.3) is 0 Å². The summed E-state index contributed by atoms with van der Waals surface area (Å²) >= 11 is 0. The molecule has 0 radical (unpaired) electrons. The second-order valence-electron chi connectivity index (χ2n) is 4.29. The van der Waals surface area contributed by atoms with Crippen LogP contribution in [0.2, 0.25) is 0 Å². The van der Waals surface area contributed by atoms with Crippen molar-refractivity contribution in [3.05, 3.63) is 0 Å². The van der Waals surface area contributed by atoms with Crippen molar-refractivity contribution in [2.75, 3.05) is 19.8 Å². The third-order valence-corrected chi connectivity index (χ3v) is 3.35. The first-order valence-corrected chi connectivity index (χ1v) is 5.21. The minimum absolute atomic E-state index is 0.0470. The Morgan fingerprint density at radius 1 is 1.07 bits per heavy atom. The van der Waals surface area contributed by atoms with Crippen LogP contribution >= 0.6 is 0 Å². The van der Waals surface area contributed by atoms with Crippen LogP contribution in [0.1, 0.15) is 25.7 Å². The molecule has 0 unspecified atom stereocenters. The summed E-state index contributed by atoms with van der Waals surface area (Å²) in [6, 6.07) is 0. The Bertz CT molecular complexity index is 174. The van der Waals surface area contributed by atoms with Crippen LogP contribution < -0.4 is 0 Å². The lowest BCUT2D eigenvalue weighted by Crippen LogP contribution is -2.46. The highest BCUT2D eigenvalue weighted by molar-refractivity contribution is 4.92. The van der Waals surface area contributed by atoms with E-state index in [9.17, 15) is 5.11 Å². The topological polar surface area (TPSA) is 80.9 Å². The van der Waals surface area contributed by atoms with Gasteiger partial charge >= 0.3 is 0 Å². The molecule has 3 atom stereocenters. The summed E-state index contributed by atoms with van der Waals surface area (Å²) in [6.45, 7) is -0.0499. The largest absolute Gasteiger partial charge is 0.396 e. The van der Waals surface area contributed by atoms with Gasteiger partial charge in [0.05, 0.1) is 5.60 Å². The molecule has 1 aliphatic rings. The van der Waals surface area contributed by atoms with Crippen LogP contribution in [0.25, 0.3) is 0 Å². The molecule has 1 aliphatic carbocycles. The lowest BCUT2D eigenvalue weighted by molar-refractivity contribution is -0.100. The van der Waals surface area contributed by atoms with Crippen LogP contribution in [0, 0.1) is 11.8 Å². The van der Waals surface area contributed by atoms with Gasteiger partial charge in [-0.15, -0.1) is 0 Å². The molecule has 0 bridgehead atoms. The van der Waals surface area contributed by atoms with Crippen molar-refractivity contribution in [2.24, 2.45) is 11.8 Å². The van der Waals surface area contributed by atoms with Gasteiger partial charge in [-0.25, -0.2) is 0 Å². The van der Waals surface area contributed by atoms with Gasteiger partial charge in [0.2, 0.25) is 0 Å². The summed E-state index contributed by atoms with van der Waals surface area (Å²) in [5.41, 5.74) is -0.991. The van der Waals surface area contributed by atoms with Crippen LogP contribution in [-0.4, -0.2) is 45.8 Å². The molecule has 0 heterocycles. The van der Waals surface area contributed by atoms with Gasteiger partial charge in [-0.1, -0.05) is 0 Å². The quantitative estimate of drug-likeness (QED) is 0.498. The van der Waals surface area contributed by atoms with Gasteiger partial charge < -0.3 is 20.4 Å². The molecule has 1 fully saturated rings. The molecule has 0 spiro atoms. The van der Waals surface area contributed by atoms with E-state index < -0.39 is 5.60 Å². The molecular formula is C10H20O4. The van der Waals surface area contributed by atoms with E-state index in [4.69, 9.17) is 15.3 Å². The lowest BCUT2D eigenvalue weighted by Gasteiger charge is -2.42. The summed E-state index contributed by atoms with van der Waals surface area (Å²) in [6.07, 6.45) is 2.33. The van der Waals surface area contributed by atoms with Gasteiger partial charge in [-0.2, -0.15) is 0 Å². The van der Waals surface area contributed by atoms with Crippen molar-refractivity contribution >= 4 is 0 Å². The molecule has 0 saturated heterocycles. The van der Waals surface area contributed by atoms with Crippen molar-refractivity contribution in [3.63, 3.8) is 0 Å². The Labute approximate surface area is 84.2 Å². The highest BCUT2D eigenvalue weighted by Gasteiger charge is 2.41. The van der Waals surface area contributed by atoms with E-state index in [1.54, 1.807) is 0 Å². The summed E-state index contributed by atoms with van der Waals surface area (Å²) in [4.78, 5) is 0. The fourth-order valence-corrected chi connectivity index (χ4v) is 2.39. The summed E-state index contributed by atoms with van der Waals surface area (Å²) in [5.74, 6) is -0.0493. The van der Waals surface area contributed by atoms with E-state index in [0.717, 1.165) is 12.8 Å². The maximum absolute atomic E-state index is 10.2. The van der Waals surface area contributed by atoms with E-state index in [1.165, 1.54) is 0 Å². The number of aliphatic hydroxyl groups excluding tert-OH is 3. The van der Waals surface area contributed by atoms with Gasteiger partial charge in [0.15, 0.2) is 0 Å². The Hall–Kier alpha value is -0.160. The van der Waals surface area contributed by atoms with Crippen molar-refractivity contribution in [3.8, 4) is 0 Å². The summed E-state index contributed by atoms with van der Waals surface area (Å²) < 4.78 is 0. The molecule has 4 nitrogen and oxygen atoms in total. The van der Waals surface area contributed by atoms with E-state index in [1.807, 2.05) is 0 Å². The fraction of sp³-hybridized carbons (Fsp3) is 1.00. The Kier molecular flexibility index (Phi) is 4.31. The number of hydrogen-bond donors (Lipinski definition) is 4. The zero-order chi connectivity index (χ0) is 10.6. The van der Waals surface area contributed by atoms with Crippen LogP contribution in [-0.2, 0) is 0 Å². The normalized spacial score (nSPS) is 38.6. The van der Waals surface area contributed by atoms with Crippen LogP contribution in [0.5, 0.6) is 0 Å². The van der Waals surface area contributed by atoms with Gasteiger partial charge in [-0.3, -0.25) is 0 Å². The third kappa shape index (κ3) is 2.45. The standard InChI is InChI=1S/C10H20O4/c11-4-3-10(14)5-8(6-12)1-2-9(10)7-13/h8-9,11-14H,1-7H2/t8-,9+,10+/m0/s1. The van der Waals surface area contributed by atoms with Crippen LogP contribution in [0.3, 0.4) is 0 Å². The van der Waals surface area contributed by atoms with Crippen molar-refractivity contribution in [2.45, 2.75) is 31.3 Å². The molecule has 14 heavy (non-hydrogen) atoms. The summed E-state index contributed by atoms with van der Waals surface area (Å²) in [7, 11) is 0. The lowest BCUT2D eigenvalue weighted by atomic mass is 9.70. The zero-order valence-electron chi connectivity index (χ0n) is 8.39. The van der Waals surface area contributed by atoms with Gasteiger partial charge in [-0.05, 0) is 31.6 Å². The summed E-state index contributed by atoms with van der Waals surface area (Å²) in [5, 5.41) is 37.2. The predicted octanol–water partition coefficient (Wildman–Crippen LogP) is -0.499. The van der Waals surface area contributed by atoms with E-state index in [0.29, 0.717) is 6.42 Å². The van der Waals surface area contributed by atoms with Crippen LogP contribution in [0.4, 0.5) is 0 Å². The third-order valence-electron chi connectivity index (χ3n) is 3.35. The SMILES string of the molecule is OCC[C@@]1(O)C[C@@H](CO)CC[C@@H]1CO. The average molecular weight is 204 g/mol. The fourth-order valence-electron chi connectivity index (χ4n) is 2.39. The van der Waals surface area contributed by atoms with E-state index in [-0.39, 0.29) is 38.1 Å². The van der Waals surface area contributed by atoms with Crippen LogP contribution in [0.15, 0.2) is 0 Å². The van der Waals surface area contributed by atoms with Crippen molar-refractivity contribution in [1.29, 1.82) is 0 Å². The average Bonchev–Trinajstić information content (AvgIpc) is 2.17. The second kappa shape index (κ2) is 5.07. The molecule has 0 aromatic rings. The number of aliphatic hydroxyl groups is 4. The number of rotatable bonds is 4. The van der Waals surface area contributed by atoms with Crippen molar-refractivity contribution in [1.82, 2.24) is 0 Å². The van der Waals surface area contributed by atoms with Gasteiger partial charge in [0.1, 0.15) is 0 Å². The Balaban J connectivity index is 2.63. The van der Waals surface area contributed by atoms with Gasteiger partial charge in [0, 0.05) is 25.7 Å².